The Morgan fingerprint density at radius 1 is 0.636 bits per heavy atom. The summed E-state index contributed by atoms with van der Waals surface area (Å²) in [4.78, 5) is 2.88. The minimum absolute atomic E-state index is 0.460. The second kappa shape index (κ2) is 5.35. The quantitative estimate of drug-likeness (QED) is 0.310. The van der Waals surface area contributed by atoms with E-state index in [9.17, 15) is 0 Å². The van der Waals surface area contributed by atoms with E-state index in [0.29, 0.717) is 29.0 Å². The Hall–Kier alpha value is -0.861. The van der Waals surface area contributed by atoms with E-state index in [-0.39, 0.29) is 0 Å². The molecule has 4 aromatic heterocycles. The predicted octanol–water partition coefficient (Wildman–Crippen LogP) is 5.56. The summed E-state index contributed by atoms with van der Waals surface area (Å²) >= 11 is 4.64. The van der Waals surface area contributed by atoms with Crippen LogP contribution >= 0.6 is 22.7 Å². The Morgan fingerprint density at radius 3 is 1.55 bits per heavy atom. The van der Waals surface area contributed by atoms with Gasteiger partial charge < -0.3 is 0 Å². The van der Waals surface area contributed by atoms with Crippen LogP contribution in [0.1, 0.15) is 0 Å². The van der Waals surface area contributed by atoms with Crippen molar-refractivity contribution in [3.05, 3.63) is 59.3 Å². The van der Waals surface area contributed by atoms with E-state index in [4.69, 9.17) is 0 Å². The molecule has 0 aliphatic carbocycles. The molecule has 0 nitrogen and oxygen atoms in total. The van der Waals surface area contributed by atoms with Gasteiger partial charge in [0, 0.05) is 0 Å². The van der Waals surface area contributed by atoms with Crippen LogP contribution in [0, 0.1) is 0 Å². The Bertz CT molecular complexity index is 929. The van der Waals surface area contributed by atoms with Crippen molar-refractivity contribution >= 4 is 71.0 Å². The van der Waals surface area contributed by atoms with Crippen molar-refractivity contribution in [2.75, 3.05) is 0 Å². The molecule has 0 aliphatic heterocycles. The predicted molar refractivity (Wildman–Crippen MR) is 102 cm³/mol. The summed E-state index contributed by atoms with van der Waals surface area (Å²) in [5, 5.41) is 7.28. The van der Waals surface area contributed by atoms with Crippen molar-refractivity contribution in [3.63, 3.8) is 0 Å². The zero-order chi connectivity index (χ0) is 14.5. The summed E-state index contributed by atoms with van der Waals surface area (Å²) in [6.07, 6.45) is 0. The van der Waals surface area contributed by atoms with Crippen molar-refractivity contribution in [2.24, 2.45) is 0 Å². The Kier molecular flexibility index (Phi) is 3.30. The summed E-state index contributed by atoms with van der Waals surface area (Å²) in [6, 6.07) is 18.5. The third-order valence-electron chi connectivity index (χ3n) is 3.68. The average molecular weight is 448 g/mol. The molecule has 0 bridgehead atoms. The van der Waals surface area contributed by atoms with Gasteiger partial charge in [0.05, 0.1) is 0 Å². The van der Waals surface area contributed by atoms with E-state index in [1.807, 2.05) is 22.7 Å². The second-order valence-electron chi connectivity index (χ2n) is 5.10. The summed E-state index contributed by atoms with van der Waals surface area (Å²) in [6.45, 7) is 0. The molecule has 0 radical (unpaired) electrons. The van der Waals surface area contributed by atoms with Gasteiger partial charge in [0.25, 0.3) is 0 Å². The van der Waals surface area contributed by atoms with Crippen molar-refractivity contribution < 1.29 is 0 Å². The Morgan fingerprint density at radius 2 is 1.14 bits per heavy atom. The maximum atomic E-state index is 2.45. The van der Waals surface area contributed by atoms with Gasteiger partial charge in [-0.3, -0.25) is 0 Å². The normalized spacial score (nSPS) is 11.6. The first-order valence-corrected chi connectivity index (χ1v) is 12.1. The fourth-order valence-corrected chi connectivity index (χ4v) is 9.21. The van der Waals surface area contributed by atoms with Crippen LogP contribution in [0.3, 0.4) is 0 Å². The van der Waals surface area contributed by atoms with Gasteiger partial charge >= 0.3 is 149 Å². The van der Waals surface area contributed by atoms with Gasteiger partial charge in [-0.2, -0.15) is 0 Å². The first kappa shape index (κ1) is 13.6. The summed E-state index contributed by atoms with van der Waals surface area (Å²) in [5.74, 6) is 0. The van der Waals surface area contributed by atoms with E-state index < -0.39 is 0 Å². The average Bonchev–Trinajstić information content (AvgIpc) is 3.27. The zero-order valence-electron chi connectivity index (χ0n) is 11.4. The summed E-state index contributed by atoms with van der Waals surface area (Å²) in [7, 11) is 0. The van der Waals surface area contributed by atoms with E-state index in [2.05, 4.69) is 59.3 Å². The second-order valence-corrected chi connectivity index (χ2v) is 11.5. The van der Waals surface area contributed by atoms with Crippen molar-refractivity contribution in [1.82, 2.24) is 0 Å². The monoisotopic (exact) mass is 450 g/mol. The number of thiophene rings is 2. The van der Waals surface area contributed by atoms with Crippen LogP contribution in [0.2, 0.25) is 0 Å². The van der Waals surface area contributed by atoms with Gasteiger partial charge in [-0.1, -0.05) is 0 Å². The van der Waals surface area contributed by atoms with Gasteiger partial charge in [-0.15, -0.1) is 0 Å². The molecule has 0 amide bonds. The molecule has 0 unspecified atom stereocenters. The zero-order valence-corrected chi connectivity index (χ0v) is 16.5. The molecule has 0 atom stereocenters. The van der Waals surface area contributed by atoms with Crippen LogP contribution < -0.4 is 0 Å². The van der Waals surface area contributed by atoms with Crippen molar-refractivity contribution in [3.8, 4) is 18.6 Å². The molecule has 4 heterocycles. The van der Waals surface area contributed by atoms with Crippen molar-refractivity contribution in [2.45, 2.75) is 0 Å². The van der Waals surface area contributed by atoms with Crippen LogP contribution in [0.25, 0.3) is 37.9 Å². The molecule has 4 heteroatoms. The van der Waals surface area contributed by atoms with E-state index in [0.717, 1.165) is 0 Å². The number of fused-ring (bicyclic) bond motifs is 2. The topological polar surface area (TPSA) is 0 Å². The SMILES string of the molecule is c1csc(-c2cc3cc4[se]c(-c5cccs5)cc4cc3[se]2)c1. The van der Waals surface area contributed by atoms with E-state index >= 15 is 0 Å². The number of benzene rings is 1. The van der Waals surface area contributed by atoms with Crippen molar-refractivity contribution in [1.29, 1.82) is 0 Å². The van der Waals surface area contributed by atoms with Gasteiger partial charge in [0.2, 0.25) is 0 Å². The molecule has 5 rings (SSSR count). The first-order valence-electron chi connectivity index (χ1n) is 6.92. The molecule has 0 aliphatic rings. The summed E-state index contributed by atoms with van der Waals surface area (Å²) in [5.41, 5.74) is 0. The standard InChI is InChI=1S/C18H10S2Se2/c1-3-13(19-5-1)17-9-11-7-16-12(8-15(11)21-17)10-18(22-16)14-4-2-6-20-14/h1-10H. The molecule has 0 saturated heterocycles. The van der Waals surface area contributed by atoms with Crippen LogP contribution in [0.4, 0.5) is 0 Å². The Balaban J connectivity index is 1.69. The summed E-state index contributed by atoms with van der Waals surface area (Å²) < 4.78 is 6.18. The van der Waals surface area contributed by atoms with Crippen LogP contribution in [0.5, 0.6) is 0 Å². The van der Waals surface area contributed by atoms with Crippen LogP contribution in [-0.2, 0) is 0 Å². The van der Waals surface area contributed by atoms with Gasteiger partial charge in [0.15, 0.2) is 0 Å². The molecule has 22 heavy (non-hydrogen) atoms. The molecule has 0 saturated carbocycles. The van der Waals surface area contributed by atoms with Crippen LogP contribution in [-0.4, -0.2) is 29.0 Å². The first-order chi connectivity index (χ1) is 10.9. The molecule has 0 N–H and O–H groups in total. The molecule has 0 spiro atoms. The third-order valence-corrected chi connectivity index (χ3v) is 10.8. The molecule has 0 fully saturated rings. The van der Waals surface area contributed by atoms with E-state index in [1.54, 1.807) is 8.52 Å². The fourth-order valence-electron chi connectivity index (χ4n) is 2.65. The fraction of sp³-hybridized carbons (Fsp3) is 0. The number of rotatable bonds is 2. The van der Waals surface area contributed by atoms with Crippen LogP contribution in [0.15, 0.2) is 59.3 Å². The molecular weight excluding hydrogens is 438 g/mol. The van der Waals surface area contributed by atoms with Gasteiger partial charge in [0.1, 0.15) is 0 Å². The number of hydrogen-bond donors (Lipinski definition) is 0. The molecule has 5 aromatic rings. The minimum atomic E-state index is 0.460. The van der Waals surface area contributed by atoms with E-state index in [1.165, 1.54) is 29.4 Å². The van der Waals surface area contributed by atoms with Gasteiger partial charge in [-0.25, -0.2) is 0 Å². The van der Waals surface area contributed by atoms with Gasteiger partial charge in [-0.05, 0) is 0 Å². The molecule has 106 valence electrons. The Labute approximate surface area is 148 Å². The molecular formula is C18H10S2Se2. The molecule has 1 aromatic carbocycles. The third kappa shape index (κ3) is 2.23. The maximum absolute atomic E-state index is 2.45. The number of hydrogen-bond acceptors (Lipinski definition) is 2.